The molecule has 0 bridgehead atoms. The van der Waals surface area contributed by atoms with E-state index in [1.165, 1.54) is 4.90 Å². The summed E-state index contributed by atoms with van der Waals surface area (Å²) >= 11 is 3.37. The van der Waals surface area contributed by atoms with Crippen LogP contribution in [0.4, 0.5) is 0 Å². The maximum atomic E-state index is 12.2. The Bertz CT molecular complexity index is 667. The summed E-state index contributed by atoms with van der Waals surface area (Å²) < 4.78 is 0.973. The minimum Gasteiger partial charge on any atom is -0.481 e. The van der Waals surface area contributed by atoms with Gasteiger partial charge in [0.1, 0.15) is 5.69 Å². The summed E-state index contributed by atoms with van der Waals surface area (Å²) in [6.07, 6.45) is 0.468. The van der Waals surface area contributed by atoms with E-state index >= 15 is 0 Å². The number of carbonyl (C=O) groups excluding carboxylic acids is 1. The van der Waals surface area contributed by atoms with Crippen LogP contribution in [0.15, 0.2) is 34.8 Å². The molecule has 1 amide bonds. The fraction of sp³-hybridized carbons (Fsp3) is 0.267. The molecule has 0 saturated heterocycles. The van der Waals surface area contributed by atoms with Gasteiger partial charge in [-0.05, 0) is 24.6 Å². The van der Waals surface area contributed by atoms with E-state index in [1.54, 1.807) is 13.1 Å². The zero-order valence-electron chi connectivity index (χ0n) is 12.0. The van der Waals surface area contributed by atoms with Crippen molar-refractivity contribution in [1.82, 2.24) is 15.1 Å². The van der Waals surface area contributed by atoms with Crippen LogP contribution in [-0.4, -0.2) is 45.7 Å². The van der Waals surface area contributed by atoms with Gasteiger partial charge in [0.05, 0.1) is 5.69 Å². The molecule has 0 atom stereocenters. The number of carboxylic acid groups (broad SMARTS) is 1. The van der Waals surface area contributed by atoms with Gasteiger partial charge in [-0.15, -0.1) is 0 Å². The van der Waals surface area contributed by atoms with Crippen LogP contribution in [-0.2, 0) is 4.79 Å². The summed E-state index contributed by atoms with van der Waals surface area (Å²) in [6, 6.07) is 9.32. The Morgan fingerprint density at radius 2 is 2.00 bits per heavy atom. The first-order valence-corrected chi connectivity index (χ1v) is 7.55. The number of halogens is 1. The number of carbonyl (C=O) groups is 2. The van der Waals surface area contributed by atoms with Gasteiger partial charge in [-0.25, -0.2) is 0 Å². The number of H-pyrrole nitrogens is 1. The average Bonchev–Trinajstić information content (AvgIpc) is 2.96. The zero-order chi connectivity index (χ0) is 16.1. The number of aromatic nitrogens is 2. The van der Waals surface area contributed by atoms with E-state index in [-0.39, 0.29) is 12.3 Å². The molecule has 0 saturated carbocycles. The molecule has 0 unspecified atom stereocenters. The average molecular weight is 366 g/mol. The van der Waals surface area contributed by atoms with E-state index in [1.807, 2.05) is 24.3 Å². The Morgan fingerprint density at radius 1 is 1.32 bits per heavy atom. The van der Waals surface area contributed by atoms with Crippen molar-refractivity contribution in [2.24, 2.45) is 0 Å². The Morgan fingerprint density at radius 3 is 2.64 bits per heavy atom. The van der Waals surface area contributed by atoms with Crippen LogP contribution >= 0.6 is 15.9 Å². The van der Waals surface area contributed by atoms with Crippen molar-refractivity contribution in [2.75, 3.05) is 13.6 Å². The number of nitrogens with one attached hydrogen (secondary N) is 1. The van der Waals surface area contributed by atoms with Gasteiger partial charge in [0.15, 0.2) is 0 Å². The summed E-state index contributed by atoms with van der Waals surface area (Å²) in [5.41, 5.74) is 1.98. The van der Waals surface area contributed by atoms with E-state index < -0.39 is 5.97 Å². The minimum atomic E-state index is -0.861. The number of hydrogen-bond donors (Lipinski definition) is 2. The maximum absolute atomic E-state index is 12.2. The number of nitrogens with zero attached hydrogens (tertiary/aromatic N) is 2. The molecule has 1 aromatic carbocycles. The van der Waals surface area contributed by atoms with Gasteiger partial charge in [-0.2, -0.15) is 5.10 Å². The van der Waals surface area contributed by atoms with E-state index in [4.69, 9.17) is 5.11 Å². The third-order valence-corrected chi connectivity index (χ3v) is 3.71. The first-order valence-electron chi connectivity index (χ1n) is 6.76. The number of carboxylic acids is 1. The second-order valence-electron chi connectivity index (χ2n) is 4.90. The van der Waals surface area contributed by atoms with Crippen LogP contribution in [0.3, 0.4) is 0 Å². The molecule has 2 N–H and O–H groups in total. The predicted octanol–water partition coefficient (Wildman–Crippen LogP) is 2.78. The Kier molecular flexibility index (Phi) is 5.32. The minimum absolute atomic E-state index is 0.0464. The van der Waals surface area contributed by atoms with Crippen molar-refractivity contribution in [1.29, 1.82) is 0 Å². The van der Waals surface area contributed by atoms with Crippen LogP contribution in [0.25, 0.3) is 11.3 Å². The van der Waals surface area contributed by atoms with Gasteiger partial charge in [-0.1, -0.05) is 28.1 Å². The highest BCUT2D eigenvalue weighted by Gasteiger charge is 2.15. The Hall–Kier alpha value is -2.15. The van der Waals surface area contributed by atoms with E-state index in [9.17, 15) is 9.59 Å². The molecule has 1 aromatic heterocycles. The largest absolute Gasteiger partial charge is 0.481 e. The quantitative estimate of drug-likeness (QED) is 0.823. The Labute approximate surface area is 136 Å². The maximum Gasteiger partial charge on any atom is 0.303 e. The first-order chi connectivity index (χ1) is 10.5. The van der Waals surface area contributed by atoms with Crippen molar-refractivity contribution >= 4 is 27.8 Å². The second kappa shape index (κ2) is 7.22. The summed E-state index contributed by atoms with van der Waals surface area (Å²) in [5, 5.41) is 15.5. The van der Waals surface area contributed by atoms with Gasteiger partial charge in [0.25, 0.3) is 5.91 Å². The lowest BCUT2D eigenvalue weighted by Crippen LogP contribution is -2.28. The number of amides is 1. The van der Waals surface area contributed by atoms with Gasteiger partial charge in [-0.3, -0.25) is 14.7 Å². The van der Waals surface area contributed by atoms with Crippen LogP contribution in [0.1, 0.15) is 23.3 Å². The predicted molar refractivity (Wildman–Crippen MR) is 85.6 cm³/mol. The van der Waals surface area contributed by atoms with Crippen LogP contribution < -0.4 is 0 Å². The third-order valence-electron chi connectivity index (χ3n) is 3.18. The molecule has 7 heteroatoms. The normalized spacial score (nSPS) is 10.5. The van der Waals surface area contributed by atoms with Gasteiger partial charge in [0.2, 0.25) is 0 Å². The molecular weight excluding hydrogens is 350 g/mol. The smallest absolute Gasteiger partial charge is 0.303 e. The van der Waals surface area contributed by atoms with Gasteiger partial charge < -0.3 is 10.0 Å². The van der Waals surface area contributed by atoms with E-state index in [0.29, 0.717) is 24.4 Å². The lowest BCUT2D eigenvalue weighted by atomic mass is 10.1. The molecule has 2 aromatic rings. The highest BCUT2D eigenvalue weighted by Crippen LogP contribution is 2.20. The summed E-state index contributed by atoms with van der Waals surface area (Å²) in [4.78, 5) is 24.2. The number of rotatable bonds is 6. The number of benzene rings is 1. The highest BCUT2D eigenvalue weighted by atomic mass is 79.9. The molecule has 2 rings (SSSR count). The number of aromatic amines is 1. The monoisotopic (exact) mass is 365 g/mol. The van der Waals surface area contributed by atoms with E-state index in [0.717, 1.165) is 10.0 Å². The summed E-state index contributed by atoms with van der Waals surface area (Å²) in [7, 11) is 1.64. The molecule has 0 fully saturated rings. The number of hydrogen-bond acceptors (Lipinski definition) is 3. The molecule has 0 spiro atoms. The van der Waals surface area contributed by atoms with Crippen LogP contribution in [0.5, 0.6) is 0 Å². The number of aliphatic carboxylic acids is 1. The van der Waals surface area contributed by atoms with Crippen molar-refractivity contribution in [2.45, 2.75) is 12.8 Å². The van der Waals surface area contributed by atoms with Crippen molar-refractivity contribution in [3.63, 3.8) is 0 Å². The molecule has 116 valence electrons. The second-order valence-corrected chi connectivity index (χ2v) is 5.81. The molecule has 6 nitrogen and oxygen atoms in total. The van der Waals surface area contributed by atoms with Crippen LogP contribution in [0.2, 0.25) is 0 Å². The molecule has 0 aliphatic carbocycles. The first kappa shape index (κ1) is 16.2. The fourth-order valence-electron chi connectivity index (χ4n) is 1.97. The topological polar surface area (TPSA) is 86.3 Å². The lowest BCUT2D eigenvalue weighted by Gasteiger charge is -2.15. The highest BCUT2D eigenvalue weighted by molar-refractivity contribution is 9.10. The standard InChI is InChI=1S/C15H16BrN3O3/c1-19(8-2-3-14(20)21)15(22)13-9-12(17-18-13)10-4-6-11(16)7-5-10/h4-7,9H,2-3,8H2,1H3,(H,17,18)(H,20,21). The molecule has 1 heterocycles. The van der Waals surface area contributed by atoms with Crippen LogP contribution in [0, 0.1) is 0 Å². The SMILES string of the molecule is CN(CCCC(=O)O)C(=O)c1cc(-c2ccc(Br)cc2)n[nH]1. The van der Waals surface area contributed by atoms with Gasteiger partial charge in [0, 0.05) is 30.0 Å². The van der Waals surface area contributed by atoms with Crippen molar-refractivity contribution in [3.8, 4) is 11.3 Å². The molecular formula is C15H16BrN3O3. The molecule has 22 heavy (non-hydrogen) atoms. The molecule has 0 radical (unpaired) electrons. The summed E-state index contributed by atoms with van der Waals surface area (Å²) in [6.45, 7) is 0.387. The van der Waals surface area contributed by atoms with Gasteiger partial charge >= 0.3 is 5.97 Å². The van der Waals surface area contributed by atoms with Crippen molar-refractivity contribution < 1.29 is 14.7 Å². The summed E-state index contributed by atoms with van der Waals surface area (Å²) in [5.74, 6) is -1.07. The molecule has 0 aliphatic rings. The zero-order valence-corrected chi connectivity index (χ0v) is 13.6. The lowest BCUT2D eigenvalue weighted by molar-refractivity contribution is -0.137. The fourth-order valence-corrected chi connectivity index (χ4v) is 2.24. The molecule has 0 aliphatic heterocycles. The van der Waals surface area contributed by atoms with E-state index in [2.05, 4.69) is 26.1 Å². The third kappa shape index (κ3) is 4.17. The van der Waals surface area contributed by atoms with Crippen molar-refractivity contribution in [3.05, 3.63) is 40.5 Å². The Balaban J connectivity index is 2.02.